The van der Waals surface area contributed by atoms with Crippen molar-refractivity contribution < 1.29 is 0 Å². The second-order valence-electron chi connectivity index (χ2n) is 4.32. The molecule has 2 rings (SSSR count). The molecular formula is C15H18N2. The summed E-state index contributed by atoms with van der Waals surface area (Å²) < 4.78 is 0. The molecular weight excluding hydrogens is 208 g/mol. The van der Waals surface area contributed by atoms with Crippen molar-refractivity contribution in [2.75, 3.05) is 7.05 Å². The average Bonchev–Trinajstić information content (AvgIpc) is 2.39. The highest BCUT2D eigenvalue weighted by Gasteiger charge is 2.04. The smallest absolute Gasteiger partial charge is 0.0303 e. The molecule has 1 aromatic heterocycles. The average molecular weight is 226 g/mol. The van der Waals surface area contributed by atoms with E-state index in [4.69, 9.17) is 0 Å². The molecule has 88 valence electrons. The topological polar surface area (TPSA) is 24.9 Å². The first kappa shape index (κ1) is 11.8. The van der Waals surface area contributed by atoms with Crippen LogP contribution in [0.15, 0.2) is 42.7 Å². The van der Waals surface area contributed by atoms with Crippen LogP contribution in [0.1, 0.15) is 24.1 Å². The second kappa shape index (κ2) is 5.11. The highest BCUT2D eigenvalue weighted by atomic mass is 14.8. The maximum Gasteiger partial charge on any atom is 0.0303 e. The minimum Gasteiger partial charge on any atom is -0.313 e. The SMILES string of the molecule is CNC(C)c1ccc(-c2ccncc2C)cc1. The summed E-state index contributed by atoms with van der Waals surface area (Å²) >= 11 is 0. The van der Waals surface area contributed by atoms with Gasteiger partial charge in [-0.15, -0.1) is 0 Å². The van der Waals surface area contributed by atoms with Crippen LogP contribution in [-0.4, -0.2) is 12.0 Å². The number of aryl methyl sites for hydroxylation is 1. The van der Waals surface area contributed by atoms with Gasteiger partial charge in [-0.2, -0.15) is 0 Å². The van der Waals surface area contributed by atoms with Crippen molar-refractivity contribution in [3.8, 4) is 11.1 Å². The molecule has 1 heterocycles. The van der Waals surface area contributed by atoms with E-state index in [1.54, 1.807) is 0 Å². The molecule has 0 fully saturated rings. The molecule has 1 unspecified atom stereocenters. The Balaban J connectivity index is 2.33. The van der Waals surface area contributed by atoms with Crippen LogP contribution in [0.4, 0.5) is 0 Å². The van der Waals surface area contributed by atoms with Gasteiger partial charge >= 0.3 is 0 Å². The summed E-state index contributed by atoms with van der Waals surface area (Å²) in [6, 6.07) is 11.2. The molecule has 0 spiro atoms. The number of nitrogens with one attached hydrogen (secondary N) is 1. The zero-order valence-corrected chi connectivity index (χ0v) is 10.6. The fraction of sp³-hybridized carbons (Fsp3) is 0.267. The van der Waals surface area contributed by atoms with E-state index in [9.17, 15) is 0 Å². The third-order valence-corrected chi connectivity index (χ3v) is 3.17. The molecule has 1 N–H and O–H groups in total. The molecule has 0 saturated carbocycles. The van der Waals surface area contributed by atoms with E-state index in [-0.39, 0.29) is 0 Å². The Morgan fingerprint density at radius 3 is 2.41 bits per heavy atom. The van der Waals surface area contributed by atoms with E-state index >= 15 is 0 Å². The summed E-state index contributed by atoms with van der Waals surface area (Å²) in [5.41, 5.74) is 5.02. The molecule has 0 saturated heterocycles. The zero-order chi connectivity index (χ0) is 12.3. The summed E-state index contributed by atoms with van der Waals surface area (Å²) in [6.45, 7) is 4.25. The molecule has 0 bridgehead atoms. The fourth-order valence-electron chi connectivity index (χ4n) is 1.92. The molecule has 17 heavy (non-hydrogen) atoms. The van der Waals surface area contributed by atoms with Crippen LogP contribution in [0.3, 0.4) is 0 Å². The van der Waals surface area contributed by atoms with Crippen LogP contribution in [-0.2, 0) is 0 Å². The zero-order valence-electron chi connectivity index (χ0n) is 10.6. The van der Waals surface area contributed by atoms with Crippen molar-refractivity contribution in [3.05, 3.63) is 53.9 Å². The van der Waals surface area contributed by atoms with Crippen molar-refractivity contribution in [1.29, 1.82) is 0 Å². The lowest BCUT2D eigenvalue weighted by molar-refractivity contribution is 0.652. The first-order valence-electron chi connectivity index (χ1n) is 5.90. The standard InChI is InChI=1S/C15H18N2/c1-11-10-17-9-8-15(11)14-6-4-13(5-7-14)12(2)16-3/h4-10,12,16H,1-3H3. The van der Waals surface area contributed by atoms with Crippen molar-refractivity contribution in [2.45, 2.75) is 19.9 Å². The molecule has 1 aromatic carbocycles. The van der Waals surface area contributed by atoms with E-state index in [1.807, 2.05) is 19.4 Å². The lowest BCUT2D eigenvalue weighted by Gasteiger charge is -2.11. The second-order valence-corrected chi connectivity index (χ2v) is 4.32. The van der Waals surface area contributed by atoms with E-state index in [0.29, 0.717) is 6.04 Å². The molecule has 2 heteroatoms. The normalized spacial score (nSPS) is 12.4. The van der Waals surface area contributed by atoms with Crippen molar-refractivity contribution in [3.63, 3.8) is 0 Å². The van der Waals surface area contributed by atoms with Gasteiger partial charge in [-0.3, -0.25) is 4.98 Å². The number of aromatic nitrogens is 1. The van der Waals surface area contributed by atoms with Gasteiger partial charge in [-0.1, -0.05) is 24.3 Å². The first-order chi connectivity index (χ1) is 8.22. The van der Waals surface area contributed by atoms with Crippen LogP contribution in [0.2, 0.25) is 0 Å². The number of hydrogen-bond acceptors (Lipinski definition) is 2. The van der Waals surface area contributed by atoms with Gasteiger partial charge < -0.3 is 5.32 Å². The highest BCUT2D eigenvalue weighted by molar-refractivity contribution is 5.66. The quantitative estimate of drug-likeness (QED) is 0.868. The number of pyridine rings is 1. The highest BCUT2D eigenvalue weighted by Crippen LogP contribution is 2.24. The van der Waals surface area contributed by atoms with Gasteiger partial charge in [0.25, 0.3) is 0 Å². The number of hydrogen-bond donors (Lipinski definition) is 1. The maximum absolute atomic E-state index is 4.12. The molecule has 0 aliphatic heterocycles. The Morgan fingerprint density at radius 1 is 1.12 bits per heavy atom. The monoisotopic (exact) mass is 226 g/mol. The van der Waals surface area contributed by atoms with E-state index in [2.05, 4.69) is 54.5 Å². The third kappa shape index (κ3) is 2.53. The molecule has 2 nitrogen and oxygen atoms in total. The van der Waals surface area contributed by atoms with E-state index in [1.165, 1.54) is 22.3 Å². The van der Waals surface area contributed by atoms with Crippen molar-refractivity contribution in [2.24, 2.45) is 0 Å². The van der Waals surface area contributed by atoms with Gasteiger partial charge in [0.15, 0.2) is 0 Å². The third-order valence-electron chi connectivity index (χ3n) is 3.17. The Bertz CT molecular complexity index is 489. The van der Waals surface area contributed by atoms with Gasteiger partial charge in [0.2, 0.25) is 0 Å². The number of benzene rings is 1. The van der Waals surface area contributed by atoms with Gasteiger partial charge in [0.1, 0.15) is 0 Å². The lowest BCUT2D eigenvalue weighted by atomic mass is 9.99. The molecule has 0 aliphatic carbocycles. The predicted molar refractivity (Wildman–Crippen MR) is 71.9 cm³/mol. The van der Waals surface area contributed by atoms with Crippen LogP contribution in [0.25, 0.3) is 11.1 Å². The summed E-state index contributed by atoms with van der Waals surface area (Å²) in [7, 11) is 1.98. The molecule has 0 amide bonds. The van der Waals surface area contributed by atoms with Gasteiger partial charge in [-0.05, 0) is 49.2 Å². The fourth-order valence-corrected chi connectivity index (χ4v) is 1.92. The van der Waals surface area contributed by atoms with E-state index < -0.39 is 0 Å². The maximum atomic E-state index is 4.12. The Hall–Kier alpha value is -1.67. The van der Waals surface area contributed by atoms with Crippen LogP contribution >= 0.6 is 0 Å². The molecule has 0 aliphatic rings. The largest absolute Gasteiger partial charge is 0.313 e. The predicted octanol–water partition coefficient (Wildman–Crippen LogP) is 3.34. The van der Waals surface area contributed by atoms with Gasteiger partial charge in [0, 0.05) is 18.4 Å². The summed E-state index contributed by atoms with van der Waals surface area (Å²) in [5.74, 6) is 0. The van der Waals surface area contributed by atoms with Crippen LogP contribution in [0, 0.1) is 6.92 Å². The summed E-state index contributed by atoms with van der Waals surface area (Å²) in [4.78, 5) is 4.12. The van der Waals surface area contributed by atoms with Gasteiger partial charge in [-0.25, -0.2) is 0 Å². The number of nitrogens with zero attached hydrogens (tertiary/aromatic N) is 1. The lowest BCUT2D eigenvalue weighted by Crippen LogP contribution is -2.11. The Labute approximate surface area is 103 Å². The Morgan fingerprint density at radius 2 is 1.82 bits per heavy atom. The van der Waals surface area contributed by atoms with E-state index in [0.717, 1.165) is 0 Å². The number of rotatable bonds is 3. The molecule has 1 atom stereocenters. The van der Waals surface area contributed by atoms with Gasteiger partial charge in [0.05, 0.1) is 0 Å². The molecule has 2 aromatic rings. The van der Waals surface area contributed by atoms with Crippen molar-refractivity contribution in [1.82, 2.24) is 10.3 Å². The Kier molecular flexibility index (Phi) is 3.55. The minimum atomic E-state index is 0.391. The van der Waals surface area contributed by atoms with Crippen LogP contribution in [0.5, 0.6) is 0 Å². The molecule has 0 radical (unpaired) electrons. The van der Waals surface area contributed by atoms with Crippen LogP contribution < -0.4 is 5.32 Å². The summed E-state index contributed by atoms with van der Waals surface area (Å²) in [6.07, 6.45) is 3.74. The summed E-state index contributed by atoms with van der Waals surface area (Å²) in [5, 5.41) is 3.24. The minimum absolute atomic E-state index is 0.391. The first-order valence-corrected chi connectivity index (χ1v) is 5.90. The van der Waals surface area contributed by atoms with Crippen molar-refractivity contribution >= 4 is 0 Å².